The van der Waals surface area contributed by atoms with E-state index >= 15 is 0 Å². The Morgan fingerprint density at radius 3 is 2.35 bits per heavy atom. The smallest absolute Gasteiger partial charge is 0.309 e. The summed E-state index contributed by atoms with van der Waals surface area (Å²) in [5.74, 6) is -0.894. The van der Waals surface area contributed by atoms with Crippen LogP contribution >= 0.6 is 0 Å². The Morgan fingerprint density at radius 2 is 1.60 bits per heavy atom. The van der Waals surface area contributed by atoms with Crippen molar-refractivity contribution in [3.8, 4) is 0 Å². The zero-order valence-corrected chi connectivity index (χ0v) is 25.2. The van der Waals surface area contributed by atoms with Crippen LogP contribution in [0, 0.1) is 17.8 Å². The van der Waals surface area contributed by atoms with Gasteiger partial charge in [0.25, 0.3) is 0 Å². The summed E-state index contributed by atoms with van der Waals surface area (Å²) in [5, 5.41) is 13.3. The third kappa shape index (κ3) is 8.56. The number of cyclic esters (lactones) is 1. The van der Waals surface area contributed by atoms with Gasteiger partial charge >= 0.3 is 5.97 Å². The molecule has 2 amide bonds. The SMILES string of the molecule is O=C1N[C@@H](CC2CCCCC2)COC(=O)[C@@H](Cc2ccccc2)CC=CC[C@@H]1CC(=O)N1Cc2ccccc2C[C@H]1CO. The van der Waals surface area contributed by atoms with E-state index < -0.39 is 5.92 Å². The summed E-state index contributed by atoms with van der Waals surface area (Å²) >= 11 is 0. The highest BCUT2D eigenvalue weighted by Gasteiger charge is 2.33. The number of benzene rings is 2. The van der Waals surface area contributed by atoms with Crippen molar-refractivity contribution in [1.29, 1.82) is 0 Å². The average molecular weight is 587 g/mol. The van der Waals surface area contributed by atoms with Gasteiger partial charge in [-0.25, -0.2) is 0 Å². The van der Waals surface area contributed by atoms with Crippen molar-refractivity contribution in [1.82, 2.24) is 10.2 Å². The Hall–Kier alpha value is -3.45. The van der Waals surface area contributed by atoms with Crippen LogP contribution in [0.5, 0.6) is 0 Å². The van der Waals surface area contributed by atoms with E-state index in [1.54, 1.807) is 4.90 Å². The molecule has 2 heterocycles. The highest BCUT2D eigenvalue weighted by molar-refractivity contribution is 5.86. The molecule has 7 nitrogen and oxygen atoms in total. The fraction of sp³-hybridized carbons (Fsp3) is 0.528. The Labute approximate surface area is 255 Å². The minimum absolute atomic E-state index is 0.0677. The quantitative estimate of drug-likeness (QED) is 0.346. The van der Waals surface area contributed by atoms with Crippen LogP contribution in [0.4, 0.5) is 0 Å². The molecule has 1 saturated carbocycles. The third-order valence-corrected chi connectivity index (χ3v) is 9.46. The molecule has 5 rings (SSSR count). The van der Waals surface area contributed by atoms with Gasteiger partial charge in [-0.3, -0.25) is 14.4 Å². The van der Waals surface area contributed by atoms with E-state index in [-0.39, 0.29) is 55.4 Å². The van der Waals surface area contributed by atoms with E-state index in [2.05, 4.69) is 11.4 Å². The molecule has 2 aromatic carbocycles. The lowest BCUT2D eigenvalue weighted by Gasteiger charge is -2.37. The number of fused-ring (bicyclic) bond motifs is 1. The first-order chi connectivity index (χ1) is 21.0. The second kappa shape index (κ2) is 15.3. The Balaban J connectivity index is 1.33. The maximum Gasteiger partial charge on any atom is 0.309 e. The topological polar surface area (TPSA) is 95.9 Å². The molecule has 0 radical (unpaired) electrons. The number of nitrogens with zero attached hydrogens (tertiary/aromatic N) is 1. The van der Waals surface area contributed by atoms with Gasteiger partial charge in [0.05, 0.1) is 30.5 Å². The van der Waals surface area contributed by atoms with Crippen LogP contribution in [-0.2, 0) is 38.5 Å². The van der Waals surface area contributed by atoms with Crippen molar-refractivity contribution in [2.75, 3.05) is 13.2 Å². The van der Waals surface area contributed by atoms with Crippen LogP contribution in [-0.4, -0.2) is 53.1 Å². The molecular formula is C36H46N2O5. The van der Waals surface area contributed by atoms with Crippen molar-refractivity contribution >= 4 is 17.8 Å². The molecule has 4 atom stereocenters. The van der Waals surface area contributed by atoms with E-state index in [1.807, 2.05) is 60.7 Å². The standard InChI is InChI=1S/C36H46N2O5/c39-24-33-21-28-15-7-10-18-31(28)23-38(33)34(40)22-29-16-8-9-17-30(19-26-11-3-1-4-12-26)36(42)43-25-32(37-35(29)41)20-27-13-5-2-6-14-27/h1,3-4,7-12,15,18,27,29-30,32-33,39H,2,5-6,13-14,16-17,19-25H2,(H,37,41)/t29-,30-,32+,33+/m1/s1. The first-order valence-electron chi connectivity index (χ1n) is 16.1. The van der Waals surface area contributed by atoms with Crippen molar-refractivity contribution < 1.29 is 24.2 Å². The molecule has 0 aromatic heterocycles. The largest absolute Gasteiger partial charge is 0.463 e. The highest BCUT2D eigenvalue weighted by atomic mass is 16.5. The summed E-state index contributed by atoms with van der Waals surface area (Å²) in [7, 11) is 0. The number of hydrogen-bond acceptors (Lipinski definition) is 5. The Bertz CT molecular complexity index is 1260. The molecule has 230 valence electrons. The van der Waals surface area contributed by atoms with Crippen molar-refractivity contribution in [2.24, 2.45) is 17.8 Å². The van der Waals surface area contributed by atoms with Crippen LogP contribution in [0.2, 0.25) is 0 Å². The first-order valence-corrected chi connectivity index (χ1v) is 16.1. The number of carbonyl (C=O) groups is 3. The molecule has 1 fully saturated rings. The van der Waals surface area contributed by atoms with Gasteiger partial charge in [0, 0.05) is 13.0 Å². The van der Waals surface area contributed by atoms with E-state index in [1.165, 1.54) is 19.3 Å². The van der Waals surface area contributed by atoms with Gasteiger partial charge in [-0.15, -0.1) is 0 Å². The van der Waals surface area contributed by atoms with Gasteiger partial charge < -0.3 is 20.1 Å². The van der Waals surface area contributed by atoms with Gasteiger partial charge in [-0.1, -0.05) is 98.9 Å². The first kappa shape index (κ1) is 31.0. The molecule has 2 N–H and O–H groups in total. The normalized spacial score (nSPS) is 25.6. The molecule has 0 spiro atoms. The monoisotopic (exact) mass is 586 g/mol. The van der Waals surface area contributed by atoms with Crippen LogP contribution in [0.1, 0.15) is 74.5 Å². The minimum atomic E-state index is -0.545. The van der Waals surface area contributed by atoms with Crippen molar-refractivity contribution in [3.63, 3.8) is 0 Å². The number of ether oxygens (including phenoxy) is 1. The lowest BCUT2D eigenvalue weighted by atomic mass is 9.84. The number of esters is 1. The fourth-order valence-corrected chi connectivity index (χ4v) is 6.95. The van der Waals surface area contributed by atoms with Crippen LogP contribution in [0.3, 0.4) is 0 Å². The van der Waals surface area contributed by atoms with Crippen LogP contribution in [0.25, 0.3) is 0 Å². The number of aliphatic hydroxyl groups excluding tert-OH is 1. The Kier molecular flexibility index (Phi) is 11.0. The summed E-state index contributed by atoms with van der Waals surface area (Å²) in [4.78, 5) is 42.4. The van der Waals surface area contributed by atoms with E-state index in [9.17, 15) is 19.5 Å². The lowest BCUT2D eigenvalue weighted by Crippen LogP contribution is -2.48. The van der Waals surface area contributed by atoms with Gasteiger partial charge in [-0.05, 0) is 54.7 Å². The molecule has 1 aliphatic carbocycles. The molecule has 0 bridgehead atoms. The summed E-state index contributed by atoms with van der Waals surface area (Å²) in [6.07, 6.45) is 12.7. The summed E-state index contributed by atoms with van der Waals surface area (Å²) < 4.78 is 5.89. The van der Waals surface area contributed by atoms with Gasteiger partial charge in [0.1, 0.15) is 6.61 Å². The predicted molar refractivity (Wildman–Crippen MR) is 166 cm³/mol. The maximum absolute atomic E-state index is 13.7. The molecule has 43 heavy (non-hydrogen) atoms. The number of amides is 2. The zero-order valence-electron chi connectivity index (χ0n) is 25.2. The molecule has 7 heteroatoms. The molecule has 0 unspecified atom stereocenters. The Morgan fingerprint density at radius 1 is 0.907 bits per heavy atom. The maximum atomic E-state index is 13.7. The number of carbonyl (C=O) groups excluding carboxylic acids is 3. The van der Waals surface area contributed by atoms with Gasteiger partial charge in [-0.2, -0.15) is 0 Å². The second-order valence-electron chi connectivity index (χ2n) is 12.6. The molecule has 3 aliphatic rings. The number of aliphatic hydroxyl groups is 1. The van der Waals surface area contributed by atoms with Gasteiger partial charge in [0.15, 0.2) is 0 Å². The van der Waals surface area contributed by atoms with E-state index in [0.717, 1.165) is 36.0 Å². The molecule has 0 saturated heterocycles. The number of rotatable bonds is 7. The summed E-state index contributed by atoms with van der Waals surface area (Å²) in [6, 6.07) is 17.4. The van der Waals surface area contributed by atoms with E-state index in [0.29, 0.717) is 38.1 Å². The van der Waals surface area contributed by atoms with E-state index in [4.69, 9.17) is 4.74 Å². The minimum Gasteiger partial charge on any atom is -0.463 e. The average Bonchev–Trinajstić information content (AvgIpc) is 3.03. The molecule has 2 aromatic rings. The summed E-state index contributed by atoms with van der Waals surface area (Å²) in [5.41, 5.74) is 3.33. The second-order valence-corrected chi connectivity index (χ2v) is 12.6. The fourth-order valence-electron chi connectivity index (χ4n) is 6.95. The zero-order chi connectivity index (χ0) is 30.0. The highest BCUT2D eigenvalue weighted by Crippen LogP contribution is 2.29. The number of nitrogens with one attached hydrogen (secondary N) is 1. The number of allylic oxidation sites excluding steroid dienone is 2. The molecule has 2 aliphatic heterocycles. The van der Waals surface area contributed by atoms with Gasteiger partial charge in [0.2, 0.25) is 11.8 Å². The molecular weight excluding hydrogens is 540 g/mol. The van der Waals surface area contributed by atoms with Crippen LogP contribution < -0.4 is 5.32 Å². The van der Waals surface area contributed by atoms with Crippen molar-refractivity contribution in [3.05, 3.63) is 83.4 Å². The third-order valence-electron chi connectivity index (χ3n) is 9.46. The van der Waals surface area contributed by atoms with Crippen LogP contribution in [0.15, 0.2) is 66.7 Å². The lowest BCUT2D eigenvalue weighted by molar-refractivity contribution is -0.150. The predicted octanol–water partition coefficient (Wildman–Crippen LogP) is 5.15. The number of hydrogen-bond donors (Lipinski definition) is 2. The van der Waals surface area contributed by atoms with Crippen molar-refractivity contribution in [2.45, 2.75) is 89.3 Å². The summed E-state index contributed by atoms with van der Waals surface area (Å²) in [6.45, 7) is 0.465.